The quantitative estimate of drug-likeness (QED) is 0.706. The smallest absolute Gasteiger partial charge is 0.344 e. The van der Waals surface area contributed by atoms with E-state index in [2.05, 4.69) is 10.6 Å². The molecule has 1 aromatic rings. The third-order valence-corrected chi connectivity index (χ3v) is 5.01. The molecule has 0 unspecified atom stereocenters. The summed E-state index contributed by atoms with van der Waals surface area (Å²) in [7, 11) is 0. The number of rotatable bonds is 6. The van der Waals surface area contributed by atoms with Crippen LogP contribution in [0.15, 0.2) is 18.2 Å². The second-order valence-corrected chi connectivity index (χ2v) is 8.15. The van der Waals surface area contributed by atoms with Gasteiger partial charge in [-0.25, -0.2) is 9.59 Å². The van der Waals surface area contributed by atoms with Crippen molar-refractivity contribution in [1.29, 1.82) is 0 Å². The molecule has 1 saturated carbocycles. The number of hydrogen-bond acceptors (Lipinski definition) is 6. The highest BCUT2D eigenvalue weighted by molar-refractivity contribution is 5.97. The first kappa shape index (κ1) is 21.0. The summed E-state index contributed by atoms with van der Waals surface area (Å²) < 4.78 is 16.5. The van der Waals surface area contributed by atoms with Gasteiger partial charge in [0.15, 0.2) is 24.2 Å². The Balaban J connectivity index is 1.44. The average Bonchev–Trinajstić information content (AvgIpc) is 3.25. The number of urea groups is 1. The standard InChI is InChI=1S/C21H28N2O6/c1-13(19(25)23-20(26)22-15-8-4-5-9-15)28-17(24)12-27-16-10-6-7-14-11-21(2,3)29-18(14)16/h6-7,10,13,15H,4-5,8-9,11-12H2,1-3H3,(H2,22,23,25,26)/t13-/m1/s1. The van der Waals surface area contributed by atoms with Gasteiger partial charge in [-0.2, -0.15) is 0 Å². The number of benzene rings is 1. The number of esters is 1. The van der Waals surface area contributed by atoms with E-state index in [1.165, 1.54) is 6.92 Å². The summed E-state index contributed by atoms with van der Waals surface area (Å²) in [5, 5.41) is 4.95. The van der Waals surface area contributed by atoms with Crippen LogP contribution in [-0.2, 0) is 20.7 Å². The highest BCUT2D eigenvalue weighted by Crippen LogP contribution is 2.41. The zero-order valence-electron chi connectivity index (χ0n) is 17.1. The van der Waals surface area contributed by atoms with Gasteiger partial charge in [-0.1, -0.05) is 25.0 Å². The van der Waals surface area contributed by atoms with Gasteiger partial charge in [0.1, 0.15) is 5.60 Å². The predicted molar refractivity (Wildman–Crippen MR) is 105 cm³/mol. The number of hydrogen-bond donors (Lipinski definition) is 2. The summed E-state index contributed by atoms with van der Waals surface area (Å²) in [5.74, 6) is -0.309. The Morgan fingerprint density at radius 3 is 2.69 bits per heavy atom. The molecule has 0 radical (unpaired) electrons. The van der Waals surface area contributed by atoms with Crippen LogP contribution in [0, 0.1) is 0 Å². The summed E-state index contributed by atoms with van der Waals surface area (Å²) >= 11 is 0. The third-order valence-electron chi connectivity index (χ3n) is 5.01. The minimum absolute atomic E-state index is 0.0915. The molecule has 2 N–H and O–H groups in total. The van der Waals surface area contributed by atoms with Crippen molar-refractivity contribution in [3.63, 3.8) is 0 Å². The van der Waals surface area contributed by atoms with Gasteiger partial charge in [0.05, 0.1) is 0 Å². The Kier molecular flexibility index (Phi) is 6.30. The first-order valence-corrected chi connectivity index (χ1v) is 9.98. The van der Waals surface area contributed by atoms with E-state index < -0.39 is 24.0 Å². The second kappa shape index (κ2) is 8.71. The summed E-state index contributed by atoms with van der Waals surface area (Å²) in [6.45, 7) is 5.00. The molecule has 1 aromatic carbocycles. The number of fused-ring (bicyclic) bond motifs is 1. The normalized spacial score (nSPS) is 18.3. The first-order chi connectivity index (χ1) is 13.7. The SMILES string of the molecule is C[C@@H](OC(=O)COc1cccc2c1OC(C)(C)C2)C(=O)NC(=O)NC1CCCC1. The van der Waals surface area contributed by atoms with Crippen LogP contribution in [0.25, 0.3) is 0 Å². The van der Waals surface area contributed by atoms with Crippen molar-refractivity contribution in [3.8, 4) is 11.5 Å². The average molecular weight is 404 g/mol. The van der Waals surface area contributed by atoms with Gasteiger partial charge in [0.25, 0.3) is 5.91 Å². The Hall–Kier alpha value is -2.77. The van der Waals surface area contributed by atoms with E-state index in [1.807, 2.05) is 26.0 Å². The van der Waals surface area contributed by atoms with Crippen LogP contribution in [0.4, 0.5) is 4.79 Å². The fourth-order valence-corrected chi connectivity index (χ4v) is 3.63. The highest BCUT2D eigenvalue weighted by Gasteiger charge is 2.32. The van der Waals surface area contributed by atoms with Crippen molar-refractivity contribution >= 4 is 17.9 Å². The van der Waals surface area contributed by atoms with E-state index in [4.69, 9.17) is 14.2 Å². The molecule has 0 aromatic heterocycles. The highest BCUT2D eigenvalue weighted by atomic mass is 16.6. The maximum absolute atomic E-state index is 12.1. The van der Waals surface area contributed by atoms with Crippen LogP contribution in [0.3, 0.4) is 0 Å². The number of nitrogens with one attached hydrogen (secondary N) is 2. The van der Waals surface area contributed by atoms with Crippen molar-refractivity contribution in [2.24, 2.45) is 0 Å². The van der Waals surface area contributed by atoms with Crippen molar-refractivity contribution < 1.29 is 28.6 Å². The fraction of sp³-hybridized carbons (Fsp3) is 0.571. The van der Waals surface area contributed by atoms with Gasteiger partial charge >= 0.3 is 12.0 Å². The first-order valence-electron chi connectivity index (χ1n) is 9.98. The second-order valence-electron chi connectivity index (χ2n) is 8.15. The lowest BCUT2D eigenvalue weighted by Crippen LogP contribution is -2.47. The summed E-state index contributed by atoms with van der Waals surface area (Å²) in [4.78, 5) is 36.0. The predicted octanol–water partition coefficient (Wildman–Crippen LogP) is 2.48. The van der Waals surface area contributed by atoms with Crippen LogP contribution >= 0.6 is 0 Å². The maximum Gasteiger partial charge on any atom is 0.344 e. The molecule has 8 heteroatoms. The van der Waals surface area contributed by atoms with E-state index in [-0.39, 0.29) is 18.2 Å². The molecule has 8 nitrogen and oxygen atoms in total. The minimum atomic E-state index is -1.11. The van der Waals surface area contributed by atoms with Crippen molar-refractivity contribution in [1.82, 2.24) is 10.6 Å². The summed E-state index contributed by atoms with van der Waals surface area (Å²) in [6.07, 6.45) is 3.60. The number of carbonyl (C=O) groups is 3. The Morgan fingerprint density at radius 2 is 1.97 bits per heavy atom. The molecule has 1 fully saturated rings. The molecule has 1 heterocycles. The molecule has 3 rings (SSSR count). The van der Waals surface area contributed by atoms with Crippen LogP contribution < -0.4 is 20.1 Å². The van der Waals surface area contributed by atoms with Crippen LogP contribution in [0.5, 0.6) is 11.5 Å². The Labute approximate surface area is 170 Å². The molecular formula is C21H28N2O6. The molecule has 1 aliphatic heterocycles. The third kappa shape index (κ3) is 5.62. The van der Waals surface area contributed by atoms with Crippen molar-refractivity contribution in [2.45, 2.75) is 70.6 Å². The fourth-order valence-electron chi connectivity index (χ4n) is 3.63. The van der Waals surface area contributed by atoms with Gasteiger partial charge in [0, 0.05) is 18.0 Å². The van der Waals surface area contributed by atoms with E-state index >= 15 is 0 Å². The maximum atomic E-state index is 12.1. The molecule has 0 saturated heterocycles. The lowest BCUT2D eigenvalue weighted by molar-refractivity contribution is -0.156. The zero-order valence-corrected chi connectivity index (χ0v) is 17.1. The monoisotopic (exact) mass is 404 g/mol. The minimum Gasteiger partial charge on any atom is -0.483 e. The molecule has 158 valence electrons. The zero-order chi connectivity index (χ0) is 21.0. The molecule has 2 aliphatic rings. The van der Waals surface area contributed by atoms with Crippen molar-refractivity contribution in [3.05, 3.63) is 23.8 Å². The lowest BCUT2D eigenvalue weighted by Gasteiger charge is -2.18. The molecule has 1 atom stereocenters. The van der Waals surface area contributed by atoms with Gasteiger partial charge in [-0.3, -0.25) is 10.1 Å². The number of ether oxygens (including phenoxy) is 3. The topological polar surface area (TPSA) is 103 Å². The Bertz CT molecular complexity index is 785. The molecule has 29 heavy (non-hydrogen) atoms. The number of para-hydroxylation sites is 1. The van der Waals surface area contributed by atoms with Gasteiger partial charge in [-0.05, 0) is 39.7 Å². The largest absolute Gasteiger partial charge is 0.483 e. The number of imide groups is 1. The molecule has 0 bridgehead atoms. The summed E-state index contributed by atoms with van der Waals surface area (Å²) in [6, 6.07) is 5.04. The van der Waals surface area contributed by atoms with E-state index in [9.17, 15) is 14.4 Å². The molecule has 1 aliphatic carbocycles. The molecule has 0 spiro atoms. The van der Waals surface area contributed by atoms with Crippen molar-refractivity contribution in [2.75, 3.05) is 6.61 Å². The van der Waals surface area contributed by atoms with E-state index in [0.29, 0.717) is 11.5 Å². The van der Waals surface area contributed by atoms with Crippen LogP contribution in [-0.4, -0.2) is 42.3 Å². The van der Waals surface area contributed by atoms with Crippen LogP contribution in [0.1, 0.15) is 52.0 Å². The molecular weight excluding hydrogens is 376 g/mol. The summed E-state index contributed by atoms with van der Waals surface area (Å²) in [5.41, 5.74) is 0.690. The van der Waals surface area contributed by atoms with E-state index in [1.54, 1.807) is 6.07 Å². The Morgan fingerprint density at radius 1 is 1.24 bits per heavy atom. The molecule has 3 amide bonds. The van der Waals surface area contributed by atoms with Gasteiger partial charge < -0.3 is 19.5 Å². The van der Waals surface area contributed by atoms with Crippen LogP contribution in [0.2, 0.25) is 0 Å². The van der Waals surface area contributed by atoms with Gasteiger partial charge in [0.2, 0.25) is 0 Å². The number of amides is 3. The van der Waals surface area contributed by atoms with Gasteiger partial charge in [-0.15, -0.1) is 0 Å². The van der Waals surface area contributed by atoms with E-state index in [0.717, 1.165) is 37.7 Å². The number of carbonyl (C=O) groups excluding carboxylic acids is 3. The lowest BCUT2D eigenvalue weighted by atomic mass is 10.0.